The quantitative estimate of drug-likeness (QED) is 0.812. The zero-order valence-electron chi connectivity index (χ0n) is 16.9. The number of piperazine rings is 1. The summed E-state index contributed by atoms with van der Waals surface area (Å²) in [4.78, 5) is 8.10. The van der Waals surface area contributed by atoms with E-state index in [2.05, 4.69) is 45.0 Å². The third-order valence-corrected chi connectivity index (χ3v) is 7.22. The zero-order chi connectivity index (χ0) is 18.8. The minimum absolute atomic E-state index is 0.757. The minimum atomic E-state index is 0.757. The van der Waals surface area contributed by atoms with Gasteiger partial charge in [0.25, 0.3) is 0 Å². The topological polar surface area (TPSA) is 22.9 Å². The van der Waals surface area contributed by atoms with Gasteiger partial charge >= 0.3 is 0 Å². The molecule has 4 nitrogen and oxygen atoms in total. The van der Waals surface area contributed by atoms with Gasteiger partial charge in [-0.05, 0) is 55.4 Å². The first-order chi connectivity index (χ1) is 13.8. The molecule has 2 saturated heterocycles. The van der Waals surface area contributed by atoms with Crippen molar-refractivity contribution in [1.82, 2.24) is 14.7 Å². The van der Waals surface area contributed by atoms with E-state index in [-0.39, 0.29) is 0 Å². The highest BCUT2D eigenvalue weighted by atomic mass is 16.3. The summed E-state index contributed by atoms with van der Waals surface area (Å²) in [6.45, 7) is 8.37. The van der Waals surface area contributed by atoms with Gasteiger partial charge in [-0.25, -0.2) is 0 Å². The number of hydrogen-bond acceptors (Lipinski definition) is 4. The maximum atomic E-state index is 5.51. The summed E-state index contributed by atoms with van der Waals surface area (Å²) in [5, 5.41) is 0. The molecule has 3 aliphatic rings. The second kappa shape index (κ2) is 8.40. The standard InChI is InChI=1S/C24H33N3O/c1-2-5-21-18-23(8-7-20(21)4-1)27-15-13-26(14-16-27)22-9-11-25(12-10-22)19-24-6-3-17-28-24/h1-6,17,22-23H,7-16,18-19H2. The number of furan rings is 1. The number of hydrogen-bond donors (Lipinski definition) is 0. The minimum Gasteiger partial charge on any atom is -0.468 e. The fourth-order valence-electron chi connectivity index (χ4n) is 5.52. The van der Waals surface area contributed by atoms with Crippen LogP contribution in [-0.2, 0) is 19.4 Å². The first-order valence-corrected chi connectivity index (χ1v) is 11.1. The van der Waals surface area contributed by atoms with Gasteiger partial charge in [-0.1, -0.05) is 24.3 Å². The van der Waals surface area contributed by atoms with Crippen LogP contribution in [-0.4, -0.2) is 66.1 Å². The monoisotopic (exact) mass is 379 g/mol. The van der Waals surface area contributed by atoms with Gasteiger partial charge < -0.3 is 4.42 Å². The summed E-state index contributed by atoms with van der Waals surface area (Å²) in [5.74, 6) is 1.10. The van der Waals surface area contributed by atoms with Crippen molar-refractivity contribution in [3.8, 4) is 0 Å². The summed E-state index contributed by atoms with van der Waals surface area (Å²) in [7, 11) is 0. The number of likely N-dealkylation sites (tertiary alicyclic amines) is 1. The normalized spacial score (nSPS) is 25.6. The molecule has 0 radical (unpaired) electrons. The summed E-state index contributed by atoms with van der Waals surface area (Å²) in [6, 6.07) is 14.7. The maximum absolute atomic E-state index is 5.51. The van der Waals surface area contributed by atoms with E-state index in [4.69, 9.17) is 4.42 Å². The second-order valence-corrected chi connectivity index (χ2v) is 8.82. The molecule has 2 fully saturated rings. The highest BCUT2D eigenvalue weighted by Gasteiger charge is 2.31. The van der Waals surface area contributed by atoms with Gasteiger partial charge in [0.2, 0.25) is 0 Å². The Kier molecular flexibility index (Phi) is 5.52. The maximum Gasteiger partial charge on any atom is 0.117 e. The average molecular weight is 380 g/mol. The van der Waals surface area contributed by atoms with Crippen molar-refractivity contribution < 1.29 is 4.42 Å². The fraction of sp³-hybridized carbons (Fsp3) is 0.583. The lowest BCUT2D eigenvalue weighted by molar-refractivity contribution is 0.0376. The Hall–Kier alpha value is -1.62. The molecule has 1 aromatic heterocycles. The number of rotatable bonds is 4. The number of fused-ring (bicyclic) bond motifs is 1. The van der Waals surface area contributed by atoms with E-state index in [1.165, 1.54) is 71.4 Å². The van der Waals surface area contributed by atoms with Crippen LogP contribution in [0, 0.1) is 0 Å². The molecule has 0 saturated carbocycles. The van der Waals surface area contributed by atoms with E-state index < -0.39 is 0 Å². The molecule has 28 heavy (non-hydrogen) atoms. The first-order valence-electron chi connectivity index (χ1n) is 11.1. The van der Waals surface area contributed by atoms with Crippen molar-refractivity contribution >= 4 is 0 Å². The number of piperidine rings is 1. The van der Waals surface area contributed by atoms with Gasteiger partial charge in [0.15, 0.2) is 0 Å². The number of benzene rings is 1. The van der Waals surface area contributed by atoms with Crippen molar-refractivity contribution in [2.45, 2.75) is 50.7 Å². The van der Waals surface area contributed by atoms with Crippen molar-refractivity contribution in [3.63, 3.8) is 0 Å². The molecule has 1 aromatic carbocycles. The van der Waals surface area contributed by atoms with Gasteiger partial charge in [0.05, 0.1) is 12.8 Å². The smallest absolute Gasteiger partial charge is 0.117 e. The molecule has 0 bridgehead atoms. The zero-order valence-corrected chi connectivity index (χ0v) is 16.9. The lowest BCUT2D eigenvalue weighted by Gasteiger charge is -2.45. The molecule has 150 valence electrons. The Morgan fingerprint density at radius 1 is 0.750 bits per heavy atom. The SMILES string of the molecule is c1coc(CN2CCC(N3CCN(C4CCc5ccccc5C4)CC3)CC2)c1. The van der Waals surface area contributed by atoms with Crippen LogP contribution in [0.25, 0.3) is 0 Å². The summed E-state index contributed by atoms with van der Waals surface area (Å²) in [5.41, 5.74) is 3.17. The van der Waals surface area contributed by atoms with E-state index in [9.17, 15) is 0 Å². The van der Waals surface area contributed by atoms with Crippen molar-refractivity contribution in [2.75, 3.05) is 39.3 Å². The Bertz CT molecular complexity index is 743. The molecule has 1 unspecified atom stereocenters. The highest BCUT2D eigenvalue weighted by Crippen LogP contribution is 2.26. The summed E-state index contributed by atoms with van der Waals surface area (Å²) >= 11 is 0. The Balaban J connectivity index is 1.08. The molecule has 4 heteroatoms. The molecular weight excluding hydrogens is 346 g/mol. The van der Waals surface area contributed by atoms with Crippen molar-refractivity contribution in [1.29, 1.82) is 0 Å². The molecule has 5 rings (SSSR count). The Labute approximate surface area is 169 Å². The second-order valence-electron chi connectivity index (χ2n) is 8.82. The predicted molar refractivity (Wildman–Crippen MR) is 112 cm³/mol. The molecule has 0 N–H and O–H groups in total. The first kappa shape index (κ1) is 18.4. The highest BCUT2D eigenvalue weighted by molar-refractivity contribution is 5.30. The molecule has 1 atom stereocenters. The Morgan fingerprint density at radius 3 is 2.18 bits per heavy atom. The molecule has 2 aliphatic heterocycles. The molecular formula is C24H33N3O. The molecule has 1 aliphatic carbocycles. The van der Waals surface area contributed by atoms with Gasteiger partial charge in [0.1, 0.15) is 5.76 Å². The molecule has 2 aromatic rings. The van der Waals surface area contributed by atoms with Crippen LogP contribution < -0.4 is 0 Å². The fourth-order valence-corrected chi connectivity index (χ4v) is 5.52. The third kappa shape index (κ3) is 4.05. The summed E-state index contributed by atoms with van der Waals surface area (Å²) in [6.07, 6.45) is 8.24. The predicted octanol–water partition coefficient (Wildman–Crippen LogP) is 3.42. The lowest BCUT2D eigenvalue weighted by Crippen LogP contribution is -2.55. The van der Waals surface area contributed by atoms with E-state index in [1.54, 1.807) is 17.4 Å². The lowest BCUT2D eigenvalue weighted by atomic mass is 9.87. The van der Waals surface area contributed by atoms with Gasteiger partial charge in [-0.2, -0.15) is 0 Å². The van der Waals surface area contributed by atoms with E-state index in [1.807, 2.05) is 6.07 Å². The summed E-state index contributed by atoms with van der Waals surface area (Å²) < 4.78 is 5.51. The van der Waals surface area contributed by atoms with Crippen molar-refractivity contribution in [3.05, 3.63) is 59.5 Å². The van der Waals surface area contributed by atoms with Gasteiger partial charge in [0, 0.05) is 51.4 Å². The number of nitrogens with zero attached hydrogens (tertiary/aromatic N) is 3. The largest absolute Gasteiger partial charge is 0.468 e. The van der Waals surface area contributed by atoms with E-state index in [0.717, 1.165) is 24.4 Å². The van der Waals surface area contributed by atoms with Crippen LogP contribution in [0.15, 0.2) is 47.1 Å². The molecule has 3 heterocycles. The third-order valence-electron chi connectivity index (χ3n) is 7.22. The van der Waals surface area contributed by atoms with Crippen LogP contribution in [0.2, 0.25) is 0 Å². The van der Waals surface area contributed by atoms with Crippen molar-refractivity contribution in [2.24, 2.45) is 0 Å². The average Bonchev–Trinajstić information content (AvgIpc) is 3.27. The Morgan fingerprint density at radius 2 is 1.46 bits per heavy atom. The van der Waals surface area contributed by atoms with E-state index >= 15 is 0 Å². The van der Waals surface area contributed by atoms with Crippen LogP contribution >= 0.6 is 0 Å². The van der Waals surface area contributed by atoms with Crippen LogP contribution in [0.1, 0.15) is 36.1 Å². The number of aryl methyl sites for hydroxylation is 1. The van der Waals surface area contributed by atoms with Crippen LogP contribution in [0.5, 0.6) is 0 Å². The molecule has 0 spiro atoms. The van der Waals surface area contributed by atoms with Gasteiger partial charge in [-0.15, -0.1) is 0 Å². The van der Waals surface area contributed by atoms with Gasteiger partial charge in [-0.3, -0.25) is 14.7 Å². The van der Waals surface area contributed by atoms with Crippen LogP contribution in [0.4, 0.5) is 0 Å². The molecule has 0 amide bonds. The van der Waals surface area contributed by atoms with E-state index in [0.29, 0.717) is 0 Å². The van der Waals surface area contributed by atoms with Crippen LogP contribution in [0.3, 0.4) is 0 Å².